The molecule has 146 valence electrons. The van der Waals surface area contributed by atoms with Gasteiger partial charge in [-0.05, 0) is 54.6 Å². The summed E-state index contributed by atoms with van der Waals surface area (Å²) in [5, 5.41) is 19.4. The average molecular weight is 392 g/mol. The lowest BCUT2D eigenvalue weighted by molar-refractivity contribution is -0.123. The number of nitrogens with zero attached hydrogens (tertiary/aromatic N) is 3. The van der Waals surface area contributed by atoms with Crippen LogP contribution in [0.15, 0.2) is 60.7 Å². The number of hydrogen-bond acceptors (Lipinski definition) is 6. The van der Waals surface area contributed by atoms with E-state index in [-0.39, 0.29) is 31.5 Å². The molecule has 29 heavy (non-hydrogen) atoms. The van der Waals surface area contributed by atoms with Gasteiger partial charge < -0.3 is 14.8 Å². The molecule has 0 spiro atoms. The molecule has 0 fully saturated rings. The Labute approximate surface area is 166 Å². The van der Waals surface area contributed by atoms with Gasteiger partial charge in [0.25, 0.3) is 5.91 Å². The average Bonchev–Trinajstić information content (AvgIpc) is 2.76. The predicted molar refractivity (Wildman–Crippen MR) is 103 cm³/mol. The Balaban J connectivity index is 1.36. The zero-order valence-corrected chi connectivity index (χ0v) is 15.3. The molecule has 0 saturated carbocycles. The molecule has 0 aliphatic rings. The fourth-order valence-electron chi connectivity index (χ4n) is 2.34. The third-order valence-corrected chi connectivity index (χ3v) is 3.81. The van der Waals surface area contributed by atoms with Crippen LogP contribution in [0.1, 0.15) is 5.56 Å². The van der Waals surface area contributed by atoms with Crippen LogP contribution in [0.2, 0.25) is 0 Å². The van der Waals surface area contributed by atoms with Crippen LogP contribution in [-0.2, 0) is 4.79 Å². The topological polar surface area (TPSA) is 97.1 Å². The first-order valence-electron chi connectivity index (χ1n) is 8.76. The summed E-state index contributed by atoms with van der Waals surface area (Å²) in [4.78, 5) is 11.8. The van der Waals surface area contributed by atoms with E-state index >= 15 is 0 Å². The van der Waals surface area contributed by atoms with Crippen molar-refractivity contribution in [2.24, 2.45) is 0 Å². The first-order chi connectivity index (χ1) is 14.1. The summed E-state index contributed by atoms with van der Waals surface area (Å²) in [7, 11) is 0. The predicted octanol–water partition coefficient (Wildman–Crippen LogP) is 2.73. The maximum absolute atomic E-state index is 13.0. The zero-order valence-electron chi connectivity index (χ0n) is 15.3. The number of rotatable bonds is 8. The third kappa shape index (κ3) is 6.01. The number of carbonyl (C=O) groups excluding carboxylic acids is 1. The van der Waals surface area contributed by atoms with Gasteiger partial charge in [0, 0.05) is 11.6 Å². The minimum atomic E-state index is -0.314. The number of benzene rings is 2. The molecule has 0 aliphatic carbocycles. The van der Waals surface area contributed by atoms with Gasteiger partial charge in [-0.25, -0.2) is 4.39 Å². The summed E-state index contributed by atoms with van der Waals surface area (Å²) in [6, 6.07) is 17.8. The molecule has 1 aromatic heterocycles. The first-order valence-corrected chi connectivity index (χ1v) is 8.76. The number of ether oxygens (including phenoxy) is 2. The maximum Gasteiger partial charge on any atom is 0.258 e. The van der Waals surface area contributed by atoms with E-state index in [0.29, 0.717) is 22.9 Å². The summed E-state index contributed by atoms with van der Waals surface area (Å²) in [6.07, 6.45) is 0. The number of nitriles is 1. The third-order valence-electron chi connectivity index (χ3n) is 3.81. The molecule has 7 nitrogen and oxygen atoms in total. The molecule has 2 aromatic carbocycles. The van der Waals surface area contributed by atoms with Crippen LogP contribution in [0.25, 0.3) is 11.3 Å². The molecule has 0 aliphatic heterocycles. The Bertz CT molecular complexity index is 984. The summed E-state index contributed by atoms with van der Waals surface area (Å²) >= 11 is 0. The molecule has 0 atom stereocenters. The van der Waals surface area contributed by atoms with Crippen LogP contribution in [0.5, 0.6) is 11.6 Å². The van der Waals surface area contributed by atoms with Gasteiger partial charge in [0.05, 0.1) is 23.9 Å². The highest BCUT2D eigenvalue weighted by atomic mass is 19.1. The van der Waals surface area contributed by atoms with Crippen LogP contribution in [0.4, 0.5) is 4.39 Å². The van der Waals surface area contributed by atoms with Crippen molar-refractivity contribution in [1.82, 2.24) is 15.5 Å². The van der Waals surface area contributed by atoms with Gasteiger partial charge >= 0.3 is 0 Å². The molecule has 1 heterocycles. The van der Waals surface area contributed by atoms with Crippen molar-refractivity contribution in [3.63, 3.8) is 0 Å². The Kier molecular flexibility index (Phi) is 6.68. The van der Waals surface area contributed by atoms with Crippen molar-refractivity contribution < 1.29 is 18.7 Å². The first kappa shape index (κ1) is 19.8. The highest BCUT2D eigenvalue weighted by Gasteiger charge is 2.05. The van der Waals surface area contributed by atoms with E-state index in [9.17, 15) is 9.18 Å². The van der Waals surface area contributed by atoms with Crippen molar-refractivity contribution in [3.8, 4) is 29.0 Å². The lowest BCUT2D eigenvalue weighted by atomic mass is 10.1. The summed E-state index contributed by atoms with van der Waals surface area (Å²) in [5.41, 5.74) is 1.87. The van der Waals surface area contributed by atoms with Gasteiger partial charge in [-0.3, -0.25) is 4.79 Å². The monoisotopic (exact) mass is 392 g/mol. The minimum absolute atomic E-state index is 0.141. The van der Waals surface area contributed by atoms with E-state index in [1.807, 2.05) is 6.07 Å². The molecule has 3 aromatic rings. The lowest BCUT2D eigenvalue weighted by Gasteiger charge is -2.08. The second-order valence-electron chi connectivity index (χ2n) is 5.89. The summed E-state index contributed by atoms with van der Waals surface area (Å²) in [5.74, 6) is 0.215. The number of hydrogen-bond donors (Lipinski definition) is 1. The van der Waals surface area contributed by atoms with Crippen LogP contribution < -0.4 is 14.8 Å². The van der Waals surface area contributed by atoms with Crippen LogP contribution in [0, 0.1) is 17.1 Å². The highest BCUT2D eigenvalue weighted by Crippen LogP contribution is 2.18. The van der Waals surface area contributed by atoms with E-state index in [0.717, 1.165) is 5.56 Å². The molecule has 0 saturated heterocycles. The fraction of sp³-hybridized carbons (Fsp3) is 0.143. The van der Waals surface area contributed by atoms with Crippen molar-refractivity contribution in [2.45, 2.75) is 0 Å². The van der Waals surface area contributed by atoms with Crippen molar-refractivity contribution in [2.75, 3.05) is 19.8 Å². The lowest BCUT2D eigenvalue weighted by Crippen LogP contribution is -2.32. The highest BCUT2D eigenvalue weighted by molar-refractivity contribution is 5.77. The number of amides is 1. The Morgan fingerprint density at radius 2 is 1.76 bits per heavy atom. The van der Waals surface area contributed by atoms with Crippen molar-refractivity contribution >= 4 is 5.91 Å². The standard InChI is InChI=1S/C21H17FN4O3/c22-17-5-3-16(4-6-17)19-9-10-21(26-25-19)28-12-11-24-20(27)14-29-18-7-1-15(13-23)2-8-18/h1-10H,11-12,14H2,(H,24,27). The number of carbonyl (C=O) groups is 1. The van der Waals surface area contributed by atoms with E-state index in [2.05, 4.69) is 15.5 Å². The molecule has 0 radical (unpaired) electrons. The fourth-order valence-corrected chi connectivity index (χ4v) is 2.34. The van der Waals surface area contributed by atoms with Crippen LogP contribution in [-0.4, -0.2) is 35.9 Å². The van der Waals surface area contributed by atoms with Gasteiger partial charge in [-0.1, -0.05) is 0 Å². The molecule has 0 bridgehead atoms. The van der Waals surface area contributed by atoms with Crippen molar-refractivity contribution in [3.05, 3.63) is 72.0 Å². The molecule has 1 N–H and O–H groups in total. The molecule has 0 unspecified atom stereocenters. The van der Waals surface area contributed by atoms with E-state index in [1.165, 1.54) is 12.1 Å². The Hall–Kier alpha value is -3.99. The van der Waals surface area contributed by atoms with E-state index in [1.54, 1.807) is 48.5 Å². The van der Waals surface area contributed by atoms with Gasteiger partial charge in [0.2, 0.25) is 5.88 Å². The maximum atomic E-state index is 13.0. The summed E-state index contributed by atoms with van der Waals surface area (Å²) < 4.78 is 23.7. The van der Waals surface area contributed by atoms with E-state index in [4.69, 9.17) is 14.7 Å². The molecular weight excluding hydrogens is 375 g/mol. The SMILES string of the molecule is N#Cc1ccc(OCC(=O)NCCOc2ccc(-c3ccc(F)cc3)nn2)cc1. The van der Waals surface area contributed by atoms with Crippen molar-refractivity contribution in [1.29, 1.82) is 5.26 Å². The minimum Gasteiger partial charge on any atom is -0.484 e. The van der Waals surface area contributed by atoms with E-state index < -0.39 is 0 Å². The van der Waals surface area contributed by atoms with Gasteiger partial charge in [-0.15, -0.1) is 10.2 Å². The quantitative estimate of drug-likeness (QED) is 0.592. The van der Waals surface area contributed by atoms with Crippen LogP contribution in [0.3, 0.4) is 0 Å². The van der Waals surface area contributed by atoms with Gasteiger partial charge in [-0.2, -0.15) is 5.26 Å². The number of halogens is 1. The Morgan fingerprint density at radius 3 is 2.41 bits per heavy atom. The smallest absolute Gasteiger partial charge is 0.258 e. The summed E-state index contributed by atoms with van der Waals surface area (Å²) in [6.45, 7) is 0.349. The van der Waals surface area contributed by atoms with Gasteiger partial charge in [0.15, 0.2) is 6.61 Å². The second-order valence-corrected chi connectivity index (χ2v) is 5.89. The molecule has 8 heteroatoms. The second kappa shape index (κ2) is 9.80. The number of nitrogens with one attached hydrogen (secondary N) is 1. The largest absolute Gasteiger partial charge is 0.484 e. The van der Waals surface area contributed by atoms with Crippen LogP contribution >= 0.6 is 0 Å². The molecular formula is C21H17FN4O3. The zero-order chi connectivity index (χ0) is 20.5. The molecule has 1 amide bonds. The molecule has 3 rings (SSSR count). The normalized spacial score (nSPS) is 10.1. The number of aromatic nitrogens is 2. The Morgan fingerprint density at radius 1 is 1.00 bits per heavy atom. The van der Waals surface area contributed by atoms with Gasteiger partial charge in [0.1, 0.15) is 18.2 Å².